The van der Waals surface area contributed by atoms with E-state index in [0.29, 0.717) is 0 Å². The molecule has 0 saturated heterocycles. The molecule has 2 aliphatic rings. The van der Waals surface area contributed by atoms with E-state index in [-0.39, 0.29) is 34.7 Å². The van der Waals surface area contributed by atoms with Crippen LogP contribution in [0.25, 0.3) is 0 Å². The monoisotopic (exact) mass is 208 g/mol. The maximum absolute atomic E-state index is 12.1. The fourth-order valence-corrected chi connectivity index (χ4v) is 2.20. The second kappa shape index (κ2) is 3.43. The van der Waals surface area contributed by atoms with E-state index < -0.39 is 0 Å². The Hall–Kier alpha value is -0.660. The van der Waals surface area contributed by atoms with Crippen molar-refractivity contribution in [2.24, 2.45) is 23.2 Å². The molecule has 2 fully saturated rings. The molecule has 84 valence electrons. The van der Waals surface area contributed by atoms with Gasteiger partial charge in [-0.3, -0.25) is 9.59 Å². The van der Waals surface area contributed by atoms with E-state index in [2.05, 4.69) is 0 Å². The van der Waals surface area contributed by atoms with Gasteiger partial charge in [-0.1, -0.05) is 20.8 Å². The van der Waals surface area contributed by atoms with Gasteiger partial charge < -0.3 is 0 Å². The molecule has 2 aliphatic carbocycles. The van der Waals surface area contributed by atoms with Crippen molar-refractivity contribution in [2.45, 2.75) is 46.5 Å². The summed E-state index contributed by atoms with van der Waals surface area (Å²) in [6.07, 6.45) is 4.01. The van der Waals surface area contributed by atoms with E-state index in [1.54, 1.807) is 0 Å². The molecule has 0 amide bonds. The van der Waals surface area contributed by atoms with Gasteiger partial charge in [0.05, 0.1) is 5.92 Å². The molecular weight excluding hydrogens is 188 g/mol. The largest absolute Gasteiger partial charge is 0.299 e. The molecule has 2 heteroatoms. The fraction of sp³-hybridized carbons (Fsp3) is 0.846. The molecule has 0 unspecified atom stereocenters. The highest BCUT2D eigenvalue weighted by Gasteiger charge is 2.47. The predicted octanol–water partition coefficient (Wildman–Crippen LogP) is 2.61. The summed E-state index contributed by atoms with van der Waals surface area (Å²) in [7, 11) is 0. The van der Waals surface area contributed by atoms with E-state index >= 15 is 0 Å². The summed E-state index contributed by atoms with van der Waals surface area (Å²) in [6, 6.07) is 0. The normalized spacial score (nSPS) is 21.9. The number of hydrogen-bond donors (Lipinski definition) is 0. The fourth-order valence-electron chi connectivity index (χ4n) is 2.20. The first-order chi connectivity index (χ1) is 6.91. The Labute approximate surface area is 91.4 Å². The van der Waals surface area contributed by atoms with Crippen LogP contribution in [0.15, 0.2) is 0 Å². The van der Waals surface area contributed by atoms with Crippen LogP contribution in [0.1, 0.15) is 46.5 Å². The molecule has 2 rings (SSSR count). The zero-order valence-corrected chi connectivity index (χ0v) is 9.88. The third kappa shape index (κ3) is 2.30. The molecular formula is C13H20O2. The molecule has 2 nitrogen and oxygen atoms in total. The highest BCUT2D eigenvalue weighted by Crippen LogP contribution is 2.43. The van der Waals surface area contributed by atoms with Crippen LogP contribution in [0, 0.1) is 23.2 Å². The second-order valence-electron chi connectivity index (χ2n) is 6.15. The minimum absolute atomic E-state index is 0.195. The van der Waals surface area contributed by atoms with Gasteiger partial charge in [0.25, 0.3) is 0 Å². The lowest BCUT2D eigenvalue weighted by atomic mass is 9.73. The molecule has 0 radical (unpaired) electrons. The highest BCUT2D eigenvalue weighted by molar-refractivity contribution is 6.06. The standard InChI is InChI=1S/C13H20O2/c1-13(2,3)10(11(14)8-4-5-8)12(15)9-6-7-9/h8-10H,4-7H2,1-3H3. The van der Waals surface area contributed by atoms with Crippen molar-refractivity contribution in [2.75, 3.05) is 0 Å². The summed E-state index contributed by atoms with van der Waals surface area (Å²) >= 11 is 0. The second-order valence-corrected chi connectivity index (χ2v) is 6.15. The molecule has 0 N–H and O–H groups in total. The Balaban J connectivity index is 2.14. The number of carbonyl (C=O) groups is 2. The molecule has 0 bridgehead atoms. The quantitative estimate of drug-likeness (QED) is 0.665. The lowest BCUT2D eigenvalue weighted by Gasteiger charge is -2.28. The first kappa shape index (κ1) is 10.8. The summed E-state index contributed by atoms with van der Waals surface area (Å²) in [5, 5.41) is 0. The van der Waals surface area contributed by atoms with Gasteiger partial charge >= 0.3 is 0 Å². The molecule has 0 aromatic rings. The number of ketones is 2. The van der Waals surface area contributed by atoms with Crippen molar-refractivity contribution in [1.29, 1.82) is 0 Å². The first-order valence-corrected chi connectivity index (χ1v) is 5.98. The molecule has 0 heterocycles. The summed E-state index contributed by atoms with van der Waals surface area (Å²) < 4.78 is 0. The van der Waals surface area contributed by atoms with Gasteiger partial charge in [0.15, 0.2) is 0 Å². The zero-order valence-electron chi connectivity index (χ0n) is 9.88. The third-order valence-corrected chi connectivity index (χ3v) is 3.39. The predicted molar refractivity (Wildman–Crippen MR) is 58.4 cm³/mol. The van der Waals surface area contributed by atoms with Crippen molar-refractivity contribution in [3.05, 3.63) is 0 Å². The van der Waals surface area contributed by atoms with Crippen molar-refractivity contribution in [3.63, 3.8) is 0 Å². The van der Waals surface area contributed by atoms with E-state index in [1.807, 2.05) is 20.8 Å². The zero-order chi connectivity index (χ0) is 11.2. The van der Waals surface area contributed by atoms with Crippen molar-refractivity contribution in [1.82, 2.24) is 0 Å². The molecule has 0 aromatic carbocycles. The van der Waals surface area contributed by atoms with Crippen LogP contribution in [0.2, 0.25) is 0 Å². The van der Waals surface area contributed by atoms with Gasteiger partial charge in [-0.25, -0.2) is 0 Å². The minimum Gasteiger partial charge on any atom is -0.299 e. The van der Waals surface area contributed by atoms with Crippen molar-refractivity contribution in [3.8, 4) is 0 Å². The van der Waals surface area contributed by atoms with Gasteiger partial charge in [-0.15, -0.1) is 0 Å². The smallest absolute Gasteiger partial charge is 0.146 e. The molecule has 15 heavy (non-hydrogen) atoms. The first-order valence-electron chi connectivity index (χ1n) is 5.98. The average molecular weight is 208 g/mol. The number of carbonyl (C=O) groups excluding carboxylic acids is 2. The van der Waals surface area contributed by atoms with Gasteiger partial charge in [0.2, 0.25) is 0 Å². The minimum atomic E-state index is -0.336. The van der Waals surface area contributed by atoms with Gasteiger partial charge in [-0.05, 0) is 31.1 Å². The molecule has 0 spiro atoms. The Morgan fingerprint density at radius 2 is 1.27 bits per heavy atom. The van der Waals surface area contributed by atoms with E-state index in [0.717, 1.165) is 25.7 Å². The molecule has 0 aliphatic heterocycles. The highest BCUT2D eigenvalue weighted by atomic mass is 16.2. The summed E-state index contributed by atoms with van der Waals surface area (Å²) in [5.74, 6) is 0.519. The van der Waals surface area contributed by atoms with Crippen LogP contribution in [0.3, 0.4) is 0 Å². The van der Waals surface area contributed by atoms with Gasteiger partial charge in [-0.2, -0.15) is 0 Å². The SMILES string of the molecule is CC(C)(C)C(C(=O)C1CC1)C(=O)C1CC1. The third-order valence-electron chi connectivity index (χ3n) is 3.39. The maximum atomic E-state index is 12.1. The Morgan fingerprint density at radius 1 is 0.933 bits per heavy atom. The van der Waals surface area contributed by atoms with E-state index in [4.69, 9.17) is 0 Å². The van der Waals surface area contributed by atoms with E-state index in [1.165, 1.54) is 0 Å². The molecule has 0 aromatic heterocycles. The molecule has 0 atom stereocenters. The van der Waals surface area contributed by atoms with Crippen LogP contribution in [-0.4, -0.2) is 11.6 Å². The van der Waals surface area contributed by atoms with Crippen LogP contribution < -0.4 is 0 Å². The molecule has 2 saturated carbocycles. The Bertz CT molecular complexity index is 266. The number of rotatable bonds is 4. The van der Waals surface area contributed by atoms with Crippen molar-refractivity contribution >= 4 is 11.6 Å². The Kier molecular flexibility index (Phi) is 2.48. The maximum Gasteiger partial charge on any atom is 0.146 e. The number of Topliss-reactive ketones (excluding diaryl/α,β-unsaturated/α-hetero) is 2. The van der Waals surface area contributed by atoms with Crippen LogP contribution in [0.4, 0.5) is 0 Å². The van der Waals surface area contributed by atoms with Crippen LogP contribution in [-0.2, 0) is 9.59 Å². The number of hydrogen-bond acceptors (Lipinski definition) is 2. The van der Waals surface area contributed by atoms with Crippen molar-refractivity contribution < 1.29 is 9.59 Å². The summed E-state index contributed by atoms with van der Waals surface area (Å²) in [4.78, 5) is 24.2. The topological polar surface area (TPSA) is 34.1 Å². The van der Waals surface area contributed by atoms with Crippen LogP contribution >= 0.6 is 0 Å². The lowest BCUT2D eigenvalue weighted by molar-refractivity contribution is -0.138. The van der Waals surface area contributed by atoms with Gasteiger partial charge in [0, 0.05) is 11.8 Å². The Morgan fingerprint density at radius 3 is 1.47 bits per heavy atom. The summed E-state index contributed by atoms with van der Waals surface area (Å²) in [6.45, 7) is 6.04. The lowest BCUT2D eigenvalue weighted by Crippen LogP contribution is -2.37. The summed E-state index contributed by atoms with van der Waals surface area (Å²) in [5.41, 5.74) is -0.195. The average Bonchev–Trinajstić information content (AvgIpc) is 2.97. The van der Waals surface area contributed by atoms with Crippen LogP contribution in [0.5, 0.6) is 0 Å². The van der Waals surface area contributed by atoms with Gasteiger partial charge in [0.1, 0.15) is 11.6 Å². The van der Waals surface area contributed by atoms with E-state index in [9.17, 15) is 9.59 Å².